The Kier molecular flexibility index (Phi) is 9.73. The molecule has 1 aliphatic heterocycles. The number of nitrogens with one attached hydrogen (secondary N) is 2. The third-order valence-electron chi connectivity index (χ3n) is 6.90. The van der Waals surface area contributed by atoms with Gasteiger partial charge in [-0.15, -0.1) is 0 Å². The first-order chi connectivity index (χ1) is 15.9. The maximum atomic E-state index is 13.1. The number of hydrogen-bond acceptors (Lipinski definition) is 4. The Morgan fingerprint density at radius 3 is 2.18 bits per heavy atom. The van der Waals surface area contributed by atoms with Crippen LogP contribution in [-0.2, 0) is 20.8 Å². The highest BCUT2D eigenvalue weighted by Crippen LogP contribution is 2.26. The number of carbonyl (C=O) groups is 3. The summed E-state index contributed by atoms with van der Waals surface area (Å²) in [6.07, 6.45) is 8.72. The molecule has 2 N–H and O–H groups in total. The van der Waals surface area contributed by atoms with Gasteiger partial charge in [0, 0.05) is 51.1 Å². The van der Waals surface area contributed by atoms with Gasteiger partial charge in [0.1, 0.15) is 6.04 Å². The van der Waals surface area contributed by atoms with Crippen molar-refractivity contribution in [2.45, 2.75) is 70.8 Å². The summed E-state index contributed by atoms with van der Waals surface area (Å²) in [6.45, 7) is 4.84. The third-order valence-corrected chi connectivity index (χ3v) is 6.90. The highest BCUT2D eigenvalue weighted by molar-refractivity contribution is 5.91. The van der Waals surface area contributed by atoms with Crippen molar-refractivity contribution in [3.8, 4) is 0 Å². The van der Waals surface area contributed by atoms with Gasteiger partial charge in [0.2, 0.25) is 17.7 Å². The summed E-state index contributed by atoms with van der Waals surface area (Å²) in [5.74, 6) is 0.429. The smallest absolute Gasteiger partial charge is 0.245 e. The molecule has 0 aromatic heterocycles. The largest absolute Gasteiger partial charge is 0.344 e. The van der Waals surface area contributed by atoms with Crippen LogP contribution in [-0.4, -0.2) is 66.8 Å². The summed E-state index contributed by atoms with van der Waals surface area (Å²) in [5.41, 5.74) is 1.73. The van der Waals surface area contributed by atoms with Crippen molar-refractivity contribution in [3.05, 3.63) is 29.8 Å². The van der Waals surface area contributed by atoms with Crippen LogP contribution in [0.5, 0.6) is 0 Å². The van der Waals surface area contributed by atoms with Crippen molar-refractivity contribution >= 4 is 23.4 Å². The summed E-state index contributed by atoms with van der Waals surface area (Å²) in [7, 11) is 2.05. The molecule has 1 aromatic carbocycles. The first-order valence-corrected chi connectivity index (χ1v) is 12.6. The molecule has 1 heterocycles. The van der Waals surface area contributed by atoms with Gasteiger partial charge in [-0.2, -0.15) is 0 Å². The van der Waals surface area contributed by atoms with E-state index in [9.17, 15) is 14.4 Å². The second-order valence-electron chi connectivity index (χ2n) is 9.61. The summed E-state index contributed by atoms with van der Waals surface area (Å²) in [5, 5.41) is 5.93. The fourth-order valence-electron chi connectivity index (χ4n) is 4.75. The van der Waals surface area contributed by atoms with E-state index in [-0.39, 0.29) is 17.7 Å². The topological polar surface area (TPSA) is 81.8 Å². The zero-order valence-corrected chi connectivity index (χ0v) is 20.3. The lowest BCUT2D eigenvalue weighted by Gasteiger charge is -2.34. The number of nitrogens with zero attached hydrogens (tertiary/aromatic N) is 2. The Morgan fingerprint density at radius 1 is 0.939 bits per heavy atom. The van der Waals surface area contributed by atoms with E-state index in [4.69, 9.17) is 0 Å². The molecule has 2 fully saturated rings. The first kappa shape index (κ1) is 25.2. The second kappa shape index (κ2) is 12.7. The maximum absolute atomic E-state index is 13.1. The standard InChI is InChI=1S/C26H40N4O3/c1-3-24(31)28-23(26(33)30-16-14-29(2)15-17-30)18-21-10-12-22(13-11-21)27-25(32)19-20-8-6-4-5-7-9-20/h10-13,20,23H,3-9,14-19H2,1-2H3,(H,27,32)(H,28,31)/t23-/m1/s1. The second-order valence-corrected chi connectivity index (χ2v) is 9.61. The molecule has 1 atom stereocenters. The van der Waals surface area contributed by atoms with Gasteiger partial charge >= 0.3 is 0 Å². The minimum atomic E-state index is -0.573. The third kappa shape index (κ3) is 8.14. The molecule has 0 unspecified atom stereocenters. The van der Waals surface area contributed by atoms with Crippen molar-refractivity contribution in [3.63, 3.8) is 0 Å². The van der Waals surface area contributed by atoms with E-state index in [1.807, 2.05) is 29.2 Å². The molecular formula is C26H40N4O3. The van der Waals surface area contributed by atoms with E-state index in [1.165, 1.54) is 25.7 Å². The van der Waals surface area contributed by atoms with Gasteiger partial charge in [-0.25, -0.2) is 0 Å². The highest BCUT2D eigenvalue weighted by Gasteiger charge is 2.28. The van der Waals surface area contributed by atoms with Crippen LogP contribution in [0.1, 0.15) is 63.9 Å². The molecule has 7 heteroatoms. The summed E-state index contributed by atoms with van der Waals surface area (Å²) >= 11 is 0. The average Bonchev–Trinajstić information content (AvgIpc) is 3.08. The fraction of sp³-hybridized carbons (Fsp3) is 0.654. The van der Waals surface area contributed by atoms with Crippen LogP contribution in [0.4, 0.5) is 5.69 Å². The van der Waals surface area contributed by atoms with Crippen molar-refractivity contribution < 1.29 is 14.4 Å². The van der Waals surface area contributed by atoms with Gasteiger partial charge in [-0.05, 0) is 43.5 Å². The number of anilines is 1. The molecular weight excluding hydrogens is 416 g/mol. The van der Waals surface area contributed by atoms with Gasteiger partial charge in [-0.1, -0.05) is 44.7 Å². The van der Waals surface area contributed by atoms with Crippen LogP contribution in [0.15, 0.2) is 24.3 Å². The predicted octanol–water partition coefficient (Wildman–Crippen LogP) is 3.20. The first-order valence-electron chi connectivity index (χ1n) is 12.6. The van der Waals surface area contributed by atoms with Gasteiger partial charge in [-0.3, -0.25) is 14.4 Å². The molecule has 0 spiro atoms. The van der Waals surface area contributed by atoms with E-state index >= 15 is 0 Å². The SMILES string of the molecule is CCC(=O)N[C@H](Cc1ccc(NC(=O)CC2CCCCCC2)cc1)C(=O)N1CCN(C)CC1. The molecule has 1 aromatic rings. The Hall–Kier alpha value is -2.41. The van der Waals surface area contributed by atoms with Crippen LogP contribution in [0.2, 0.25) is 0 Å². The number of amides is 3. The van der Waals surface area contributed by atoms with E-state index in [2.05, 4.69) is 22.6 Å². The van der Waals surface area contributed by atoms with Gasteiger partial charge in [0.05, 0.1) is 0 Å². The predicted molar refractivity (Wildman–Crippen MR) is 131 cm³/mol. The van der Waals surface area contributed by atoms with Crippen molar-refractivity contribution in [1.82, 2.24) is 15.1 Å². The lowest BCUT2D eigenvalue weighted by Crippen LogP contribution is -2.54. The van der Waals surface area contributed by atoms with E-state index in [0.717, 1.165) is 37.2 Å². The molecule has 3 amide bonds. The normalized spacial score (nSPS) is 18.9. The molecule has 3 rings (SSSR count). The molecule has 1 saturated carbocycles. The van der Waals surface area contributed by atoms with Gasteiger partial charge in [0.15, 0.2) is 0 Å². The Balaban J connectivity index is 1.56. The van der Waals surface area contributed by atoms with Crippen molar-refractivity contribution in [1.29, 1.82) is 0 Å². The van der Waals surface area contributed by atoms with Gasteiger partial charge < -0.3 is 20.4 Å². The molecule has 0 bridgehead atoms. The number of carbonyl (C=O) groups excluding carboxylic acids is 3. The molecule has 1 aliphatic carbocycles. The van der Waals surface area contributed by atoms with Crippen LogP contribution >= 0.6 is 0 Å². The number of piperazine rings is 1. The van der Waals surface area contributed by atoms with E-state index in [1.54, 1.807) is 6.92 Å². The van der Waals surface area contributed by atoms with Gasteiger partial charge in [0.25, 0.3) is 0 Å². The lowest BCUT2D eigenvalue weighted by atomic mass is 9.96. The number of likely N-dealkylation sites (N-methyl/N-ethyl adjacent to an activating group) is 1. The zero-order valence-electron chi connectivity index (χ0n) is 20.3. The molecule has 2 aliphatic rings. The van der Waals surface area contributed by atoms with Crippen LogP contribution in [0.25, 0.3) is 0 Å². The molecule has 0 radical (unpaired) electrons. The highest BCUT2D eigenvalue weighted by atomic mass is 16.2. The monoisotopic (exact) mass is 456 g/mol. The number of hydrogen-bond donors (Lipinski definition) is 2. The minimum Gasteiger partial charge on any atom is -0.344 e. The minimum absolute atomic E-state index is 0.0225. The van der Waals surface area contributed by atoms with Crippen LogP contribution < -0.4 is 10.6 Å². The van der Waals surface area contributed by atoms with E-state index in [0.29, 0.717) is 38.3 Å². The molecule has 182 valence electrons. The fourth-order valence-corrected chi connectivity index (χ4v) is 4.75. The van der Waals surface area contributed by atoms with Crippen LogP contribution in [0, 0.1) is 5.92 Å². The quantitative estimate of drug-likeness (QED) is 0.589. The van der Waals surface area contributed by atoms with Crippen molar-refractivity contribution in [2.75, 3.05) is 38.5 Å². The maximum Gasteiger partial charge on any atom is 0.245 e. The average molecular weight is 457 g/mol. The number of rotatable bonds is 8. The molecule has 7 nitrogen and oxygen atoms in total. The Labute approximate surface area is 198 Å². The Morgan fingerprint density at radius 2 is 1.58 bits per heavy atom. The van der Waals surface area contributed by atoms with Crippen molar-refractivity contribution in [2.24, 2.45) is 5.92 Å². The van der Waals surface area contributed by atoms with Crippen LogP contribution in [0.3, 0.4) is 0 Å². The summed E-state index contributed by atoms with van der Waals surface area (Å²) in [6, 6.07) is 7.07. The summed E-state index contributed by atoms with van der Waals surface area (Å²) < 4.78 is 0. The molecule has 1 saturated heterocycles. The zero-order chi connectivity index (χ0) is 23.6. The summed E-state index contributed by atoms with van der Waals surface area (Å²) in [4.78, 5) is 41.7. The molecule has 33 heavy (non-hydrogen) atoms. The lowest BCUT2D eigenvalue weighted by molar-refractivity contribution is -0.137. The number of benzene rings is 1. The Bertz CT molecular complexity index is 779. The van der Waals surface area contributed by atoms with E-state index < -0.39 is 6.04 Å².